The lowest BCUT2D eigenvalue weighted by Gasteiger charge is -2.20. The first-order valence-electron chi connectivity index (χ1n) is 5.96. The number of sulfonamides is 1. The lowest BCUT2D eigenvalue weighted by molar-refractivity contribution is 0.271. The highest BCUT2D eigenvalue weighted by atomic mass is 32.2. The zero-order valence-corrected chi connectivity index (χ0v) is 11.4. The second kappa shape index (κ2) is 6.84. The van der Waals surface area contributed by atoms with Crippen molar-refractivity contribution in [1.82, 2.24) is 4.31 Å². The van der Waals surface area contributed by atoms with Crippen LogP contribution in [0.5, 0.6) is 0 Å². The second-order valence-corrected chi connectivity index (χ2v) is 5.86. The van der Waals surface area contributed by atoms with Crippen molar-refractivity contribution < 1.29 is 13.5 Å². The summed E-state index contributed by atoms with van der Waals surface area (Å²) in [6.45, 7) is 2.78. The van der Waals surface area contributed by atoms with Gasteiger partial charge in [-0.1, -0.05) is 19.1 Å². The fraction of sp³-hybridized carbons (Fsp3) is 0.500. The highest BCUT2D eigenvalue weighted by Gasteiger charge is 2.22. The molecule has 0 radical (unpaired) electrons. The summed E-state index contributed by atoms with van der Waals surface area (Å²) < 4.78 is 26.0. The van der Waals surface area contributed by atoms with E-state index in [1.54, 1.807) is 31.2 Å². The molecule has 0 unspecified atom stereocenters. The maximum absolute atomic E-state index is 12.3. The molecule has 5 nitrogen and oxygen atoms in total. The van der Waals surface area contributed by atoms with E-state index < -0.39 is 10.0 Å². The minimum absolute atomic E-state index is 0.0190. The van der Waals surface area contributed by atoms with Gasteiger partial charge < -0.3 is 10.8 Å². The number of aliphatic hydroxyl groups excluding tert-OH is 1. The predicted octanol–water partition coefficient (Wildman–Crippen LogP) is 0.538. The topological polar surface area (TPSA) is 83.6 Å². The van der Waals surface area contributed by atoms with Crippen molar-refractivity contribution in [3.05, 3.63) is 29.8 Å². The average Bonchev–Trinajstić information content (AvgIpc) is 2.39. The van der Waals surface area contributed by atoms with Gasteiger partial charge in [-0.05, 0) is 24.1 Å². The smallest absolute Gasteiger partial charge is 0.243 e. The molecule has 0 aliphatic rings. The average molecular weight is 272 g/mol. The van der Waals surface area contributed by atoms with Crippen LogP contribution in [-0.2, 0) is 16.6 Å². The Kier molecular flexibility index (Phi) is 5.74. The summed E-state index contributed by atoms with van der Waals surface area (Å²) in [6.07, 6.45) is 0.434. The Bertz CT molecular complexity index is 474. The molecule has 0 saturated heterocycles. The molecule has 3 N–H and O–H groups in total. The Morgan fingerprint density at radius 2 is 2.11 bits per heavy atom. The number of hydrogen-bond donors (Lipinski definition) is 2. The van der Waals surface area contributed by atoms with E-state index in [0.717, 1.165) is 5.56 Å². The van der Waals surface area contributed by atoms with E-state index >= 15 is 0 Å². The van der Waals surface area contributed by atoms with Crippen molar-refractivity contribution in [2.45, 2.75) is 24.8 Å². The second-order valence-electron chi connectivity index (χ2n) is 3.93. The summed E-state index contributed by atoms with van der Waals surface area (Å²) in [6, 6.07) is 6.64. The third-order valence-corrected chi connectivity index (χ3v) is 4.66. The fourth-order valence-electron chi connectivity index (χ4n) is 1.68. The highest BCUT2D eigenvalue weighted by Crippen LogP contribution is 2.17. The first-order chi connectivity index (χ1) is 8.56. The molecular formula is C12H20N2O3S. The third kappa shape index (κ3) is 3.52. The summed E-state index contributed by atoms with van der Waals surface area (Å²) in [7, 11) is -3.49. The van der Waals surface area contributed by atoms with Gasteiger partial charge in [0.05, 0.1) is 4.90 Å². The largest absolute Gasteiger partial charge is 0.396 e. The standard InChI is InChI=1S/C12H20N2O3S/c1-2-14(7-4-8-15)18(16,17)12-6-3-5-11(9-12)10-13/h3,5-6,9,15H,2,4,7-8,10,13H2,1H3. The van der Waals surface area contributed by atoms with Gasteiger partial charge in [0.15, 0.2) is 0 Å². The molecule has 0 amide bonds. The van der Waals surface area contributed by atoms with Crippen LogP contribution in [0.3, 0.4) is 0 Å². The first-order valence-corrected chi connectivity index (χ1v) is 7.40. The Morgan fingerprint density at radius 1 is 1.39 bits per heavy atom. The molecule has 0 saturated carbocycles. The van der Waals surface area contributed by atoms with Crippen LogP contribution in [0.4, 0.5) is 0 Å². The summed E-state index contributed by atoms with van der Waals surface area (Å²) in [5.74, 6) is 0. The van der Waals surface area contributed by atoms with E-state index in [1.165, 1.54) is 4.31 Å². The van der Waals surface area contributed by atoms with E-state index in [2.05, 4.69) is 0 Å². The minimum Gasteiger partial charge on any atom is -0.396 e. The molecule has 1 aromatic carbocycles. The minimum atomic E-state index is -3.49. The molecule has 0 aliphatic heterocycles. The molecule has 18 heavy (non-hydrogen) atoms. The van der Waals surface area contributed by atoms with E-state index in [9.17, 15) is 8.42 Å². The van der Waals surface area contributed by atoms with Crippen molar-refractivity contribution in [2.24, 2.45) is 5.73 Å². The van der Waals surface area contributed by atoms with E-state index in [4.69, 9.17) is 10.8 Å². The van der Waals surface area contributed by atoms with Gasteiger partial charge in [0.25, 0.3) is 0 Å². The van der Waals surface area contributed by atoms with E-state index in [0.29, 0.717) is 26.1 Å². The number of aliphatic hydroxyl groups is 1. The van der Waals surface area contributed by atoms with Crippen LogP contribution in [0.2, 0.25) is 0 Å². The third-order valence-electron chi connectivity index (χ3n) is 2.69. The number of nitrogens with zero attached hydrogens (tertiary/aromatic N) is 1. The quantitative estimate of drug-likeness (QED) is 0.759. The SMILES string of the molecule is CCN(CCCO)S(=O)(=O)c1cccc(CN)c1. The molecule has 1 aromatic rings. The number of benzene rings is 1. The van der Waals surface area contributed by atoms with Crippen molar-refractivity contribution >= 4 is 10.0 Å². The summed E-state index contributed by atoms with van der Waals surface area (Å²) in [5, 5.41) is 8.79. The lowest BCUT2D eigenvalue weighted by atomic mass is 10.2. The first kappa shape index (κ1) is 15.1. The van der Waals surface area contributed by atoms with Gasteiger partial charge in [-0.15, -0.1) is 0 Å². The molecule has 0 fully saturated rings. The molecular weight excluding hydrogens is 252 g/mol. The summed E-state index contributed by atoms with van der Waals surface area (Å²) in [5.41, 5.74) is 6.30. The number of hydrogen-bond acceptors (Lipinski definition) is 4. The van der Waals surface area contributed by atoms with E-state index in [-0.39, 0.29) is 11.5 Å². The van der Waals surface area contributed by atoms with Gasteiger partial charge in [-0.2, -0.15) is 4.31 Å². The Morgan fingerprint density at radius 3 is 2.67 bits per heavy atom. The Labute approximate surface area is 108 Å². The van der Waals surface area contributed by atoms with Crippen LogP contribution in [0.15, 0.2) is 29.2 Å². The Balaban J connectivity index is 3.02. The predicted molar refractivity (Wildman–Crippen MR) is 70.5 cm³/mol. The van der Waals surface area contributed by atoms with Crippen LogP contribution in [0.1, 0.15) is 18.9 Å². The van der Waals surface area contributed by atoms with Crippen LogP contribution < -0.4 is 5.73 Å². The maximum atomic E-state index is 12.3. The summed E-state index contributed by atoms with van der Waals surface area (Å²) in [4.78, 5) is 0.255. The van der Waals surface area contributed by atoms with Crippen molar-refractivity contribution in [2.75, 3.05) is 19.7 Å². The molecule has 0 aromatic heterocycles. The highest BCUT2D eigenvalue weighted by molar-refractivity contribution is 7.89. The molecule has 1 rings (SSSR count). The van der Waals surface area contributed by atoms with Crippen molar-refractivity contribution in [3.63, 3.8) is 0 Å². The van der Waals surface area contributed by atoms with Crippen LogP contribution >= 0.6 is 0 Å². The van der Waals surface area contributed by atoms with Gasteiger partial charge in [0, 0.05) is 26.2 Å². The van der Waals surface area contributed by atoms with Gasteiger partial charge >= 0.3 is 0 Å². The van der Waals surface area contributed by atoms with Crippen molar-refractivity contribution in [1.29, 1.82) is 0 Å². The molecule has 0 atom stereocenters. The van der Waals surface area contributed by atoms with Gasteiger partial charge in [0.1, 0.15) is 0 Å². The van der Waals surface area contributed by atoms with Crippen molar-refractivity contribution in [3.8, 4) is 0 Å². The fourth-order valence-corrected chi connectivity index (χ4v) is 3.24. The number of nitrogens with two attached hydrogens (primary N) is 1. The number of rotatable bonds is 7. The van der Waals surface area contributed by atoms with Gasteiger partial charge in [-0.25, -0.2) is 8.42 Å². The summed E-state index contributed by atoms with van der Waals surface area (Å²) >= 11 is 0. The zero-order chi connectivity index (χ0) is 13.6. The van der Waals surface area contributed by atoms with Gasteiger partial charge in [-0.3, -0.25) is 0 Å². The van der Waals surface area contributed by atoms with Gasteiger partial charge in [0.2, 0.25) is 10.0 Å². The lowest BCUT2D eigenvalue weighted by Crippen LogP contribution is -2.32. The molecule has 0 spiro atoms. The molecule has 0 heterocycles. The maximum Gasteiger partial charge on any atom is 0.243 e. The molecule has 0 aliphatic carbocycles. The van der Waals surface area contributed by atoms with Crippen LogP contribution in [-0.4, -0.2) is 37.5 Å². The van der Waals surface area contributed by atoms with Crippen LogP contribution in [0, 0.1) is 0 Å². The zero-order valence-electron chi connectivity index (χ0n) is 10.5. The molecule has 6 heteroatoms. The monoisotopic (exact) mass is 272 g/mol. The Hall–Kier alpha value is -0.950. The molecule has 0 bridgehead atoms. The normalized spacial score (nSPS) is 12.0. The molecule has 102 valence electrons. The van der Waals surface area contributed by atoms with Crippen LogP contribution in [0.25, 0.3) is 0 Å². The van der Waals surface area contributed by atoms with E-state index in [1.807, 2.05) is 0 Å².